The highest BCUT2D eigenvalue weighted by atomic mass is 16.4. The minimum absolute atomic E-state index is 0. The van der Waals surface area contributed by atoms with Gasteiger partial charge in [0.25, 0.3) is 7.48 Å². The Morgan fingerprint density at radius 1 is 1.23 bits per heavy atom. The number of allylic oxidation sites excluding steroid dienone is 3. The molecule has 0 fully saturated rings. The highest BCUT2D eigenvalue weighted by molar-refractivity contribution is 6.24. The molecule has 0 atom stereocenters. The van der Waals surface area contributed by atoms with E-state index in [-0.39, 0.29) is 7.43 Å². The van der Waals surface area contributed by atoms with Crippen molar-refractivity contribution in [1.82, 2.24) is 0 Å². The molecule has 1 aliphatic rings. The van der Waals surface area contributed by atoms with Gasteiger partial charge in [-0.05, 0) is 43.9 Å². The molecular formula is C11H20BO. The Morgan fingerprint density at radius 2 is 1.85 bits per heavy atom. The van der Waals surface area contributed by atoms with Crippen molar-refractivity contribution >= 4 is 7.48 Å². The van der Waals surface area contributed by atoms with Gasteiger partial charge in [-0.2, -0.15) is 0 Å². The second-order valence-electron chi connectivity index (χ2n) is 3.36. The fourth-order valence-electron chi connectivity index (χ4n) is 1.51. The molecule has 2 heteroatoms. The zero-order chi connectivity index (χ0) is 9.14. The summed E-state index contributed by atoms with van der Waals surface area (Å²) >= 11 is 0. The number of hydrogen-bond donors (Lipinski definition) is 0. The minimum Gasteiger partial charge on any atom is -0.437 e. The van der Waals surface area contributed by atoms with Gasteiger partial charge in [0.15, 0.2) is 0 Å². The summed E-state index contributed by atoms with van der Waals surface area (Å²) in [6.07, 6.45) is 1.10. The van der Waals surface area contributed by atoms with Crippen LogP contribution in [0, 0.1) is 0 Å². The van der Waals surface area contributed by atoms with Crippen LogP contribution < -0.4 is 0 Å². The topological polar surface area (TPSA) is 9.23 Å². The van der Waals surface area contributed by atoms with Crippen molar-refractivity contribution in [2.75, 3.05) is 6.61 Å². The Bertz CT molecular complexity index is 238. The molecular weight excluding hydrogens is 159 g/mol. The first-order valence-corrected chi connectivity index (χ1v) is 4.41. The fourth-order valence-corrected chi connectivity index (χ4v) is 1.51. The van der Waals surface area contributed by atoms with Crippen LogP contribution in [0.4, 0.5) is 0 Å². The van der Waals surface area contributed by atoms with E-state index in [0.29, 0.717) is 0 Å². The van der Waals surface area contributed by atoms with Crippen molar-refractivity contribution in [2.24, 2.45) is 0 Å². The Hall–Kier alpha value is -0.495. The summed E-state index contributed by atoms with van der Waals surface area (Å²) in [5, 5.41) is 0. The molecule has 0 unspecified atom stereocenters. The number of hydrogen-bond acceptors (Lipinski definition) is 1. The smallest absolute Gasteiger partial charge is 0.289 e. The van der Waals surface area contributed by atoms with Gasteiger partial charge < -0.3 is 4.65 Å². The molecule has 0 aromatic heterocycles. The van der Waals surface area contributed by atoms with Crippen molar-refractivity contribution in [3.8, 4) is 0 Å². The average molecular weight is 179 g/mol. The lowest BCUT2D eigenvalue weighted by atomic mass is 10.1. The Labute approximate surface area is 83.1 Å². The van der Waals surface area contributed by atoms with E-state index in [1.165, 1.54) is 22.3 Å². The van der Waals surface area contributed by atoms with Gasteiger partial charge in [0.05, 0.1) is 6.61 Å². The molecule has 1 nitrogen and oxygen atoms in total. The molecule has 0 spiro atoms. The zero-order valence-electron chi connectivity index (χ0n) is 8.40. The Morgan fingerprint density at radius 3 is 2.23 bits per heavy atom. The second kappa shape index (κ2) is 5.28. The highest BCUT2D eigenvalue weighted by Crippen LogP contribution is 2.31. The van der Waals surface area contributed by atoms with E-state index in [9.17, 15) is 0 Å². The summed E-state index contributed by atoms with van der Waals surface area (Å²) in [5.74, 6) is 0. The second-order valence-corrected chi connectivity index (χ2v) is 3.36. The molecule has 0 saturated carbocycles. The molecule has 0 N–H and O–H groups in total. The first-order chi connectivity index (χ1) is 5.66. The van der Waals surface area contributed by atoms with Crippen LogP contribution >= 0.6 is 0 Å². The molecule has 13 heavy (non-hydrogen) atoms. The average Bonchev–Trinajstić information content (AvgIpc) is 2.30. The zero-order valence-corrected chi connectivity index (χ0v) is 8.40. The van der Waals surface area contributed by atoms with Crippen molar-refractivity contribution in [3.63, 3.8) is 0 Å². The molecule has 0 aliphatic heterocycles. The van der Waals surface area contributed by atoms with Crippen LogP contribution in [0.2, 0.25) is 6.82 Å². The molecule has 0 saturated heterocycles. The molecule has 0 aromatic carbocycles. The van der Waals surface area contributed by atoms with E-state index < -0.39 is 0 Å². The van der Waals surface area contributed by atoms with Crippen LogP contribution in [0.1, 0.15) is 34.6 Å². The third-order valence-electron chi connectivity index (χ3n) is 2.64. The quantitative estimate of drug-likeness (QED) is 0.603. The molecule has 1 aliphatic carbocycles. The van der Waals surface area contributed by atoms with Gasteiger partial charge in [0.1, 0.15) is 0 Å². The van der Waals surface area contributed by atoms with E-state index in [1.807, 2.05) is 6.82 Å². The van der Waals surface area contributed by atoms with Crippen molar-refractivity contribution < 1.29 is 4.65 Å². The normalized spacial score (nSPS) is 16.3. The predicted molar refractivity (Wildman–Crippen MR) is 60.0 cm³/mol. The van der Waals surface area contributed by atoms with Gasteiger partial charge in [-0.1, -0.05) is 19.8 Å². The maximum absolute atomic E-state index is 5.27. The van der Waals surface area contributed by atoms with Gasteiger partial charge in [0.2, 0.25) is 0 Å². The first-order valence-electron chi connectivity index (χ1n) is 4.41. The molecule has 0 aromatic rings. The summed E-state index contributed by atoms with van der Waals surface area (Å²) < 4.78 is 5.27. The highest BCUT2D eigenvalue weighted by Gasteiger charge is 2.14. The maximum Gasteiger partial charge on any atom is 0.289 e. The van der Waals surface area contributed by atoms with Gasteiger partial charge in [-0.25, -0.2) is 0 Å². The fraction of sp³-hybridized carbons (Fsp3) is 0.636. The van der Waals surface area contributed by atoms with Gasteiger partial charge in [0, 0.05) is 0 Å². The largest absolute Gasteiger partial charge is 0.437 e. The van der Waals surface area contributed by atoms with Crippen LogP contribution in [0.25, 0.3) is 0 Å². The molecule has 1 radical (unpaired) electrons. The van der Waals surface area contributed by atoms with Crippen LogP contribution in [0.15, 0.2) is 22.3 Å². The van der Waals surface area contributed by atoms with E-state index in [2.05, 4.69) is 20.8 Å². The summed E-state index contributed by atoms with van der Waals surface area (Å²) in [7, 11) is 1.75. The van der Waals surface area contributed by atoms with Crippen molar-refractivity contribution in [3.05, 3.63) is 22.3 Å². The summed E-state index contributed by atoms with van der Waals surface area (Å²) in [4.78, 5) is 0. The summed E-state index contributed by atoms with van der Waals surface area (Å²) in [6.45, 7) is 9.24. The van der Waals surface area contributed by atoms with Crippen molar-refractivity contribution in [1.29, 1.82) is 0 Å². The Kier molecular flexibility index (Phi) is 5.08. The molecule has 0 amide bonds. The Balaban J connectivity index is 0.00000144. The third kappa shape index (κ3) is 2.73. The van der Waals surface area contributed by atoms with E-state index in [1.54, 1.807) is 7.48 Å². The minimum atomic E-state index is 0. The molecule has 73 valence electrons. The van der Waals surface area contributed by atoms with E-state index >= 15 is 0 Å². The molecule has 1 rings (SSSR count). The first kappa shape index (κ1) is 12.5. The van der Waals surface area contributed by atoms with Gasteiger partial charge in [-0.15, -0.1) is 0 Å². The molecule has 0 bridgehead atoms. The maximum atomic E-state index is 5.27. The molecule has 0 heterocycles. The van der Waals surface area contributed by atoms with Crippen molar-refractivity contribution in [2.45, 2.75) is 41.4 Å². The van der Waals surface area contributed by atoms with Crippen LogP contribution in [0.5, 0.6) is 0 Å². The van der Waals surface area contributed by atoms with Crippen LogP contribution in [-0.4, -0.2) is 14.1 Å². The van der Waals surface area contributed by atoms with Crippen LogP contribution in [0.3, 0.4) is 0 Å². The number of rotatable bonds is 3. The lowest BCUT2D eigenvalue weighted by Crippen LogP contribution is -1.99. The van der Waals surface area contributed by atoms with Gasteiger partial charge in [-0.3, -0.25) is 0 Å². The monoisotopic (exact) mass is 179 g/mol. The summed E-state index contributed by atoms with van der Waals surface area (Å²) in [5.41, 5.74) is 5.80. The van der Waals surface area contributed by atoms with E-state index in [4.69, 9.17) is 4.65 Å². The predicted octanol–water partition coefficient (Wildman–Crippen LogP) is 3.36. The standard InChI is InChI=1S/C10H16BO.CH4/c1-7-5-10(6-12-11-4)9(3)8(7)2;/h5-6H2,1-4H3;1H4. The van der Waals surface area contributed by atoms with Crippen LogP contribution in [-0.2, 0) is 4.65 Å². The van der Waals surface area contributed by atoms with E-state index in [0.717, 1.165) is 13.0 Å². The third-order valence-corrected chi connectivity index (χ3v) is 2.64. The summed E-state index contributed by atoms with van der Waals surface area (Å²) in [6, 6.07) is 0. The SMILES string of the molecule is C.C[B]OCC1=C(C)C(C)=C(C)C1. The lowest BCUT2D eigenvalue weighted by Gasteiger charge is -2.04. The van der Waals surface area contributed by atoms with Gasteiger partial charge >= 0.3 is 0 Å². The lowest BCUT2D eigenvalue weighted by molar-refractivity contribution is 0.373.